The van der Waals surface area contributed by atoms with Crippen LogP contribution in [-0.2, 0) is 6.54 Å². The van der Waals surface area contributed by atoms with Gasteiger partial charge < -0.3 is 15.1 Å². The highest BCUT2D eigenvalue weighted by Gasteiger charge is 2.24. The predicted molar refractivity (Wildman–Crippen MR) is 125 cm³/mol. The summed E-state index contributed by atoms with van der Waals surface area (Å²) in [5, 5.41) is 7.23. The maximum Gasteiger partial charge on any atom is 0.180 e. The van der Waals surface area contributed by atoms with Gasteiger partial charge in [-0.15, -0.1) is 0 Å². The van der Waals surface area contributed by atoms with Gasteiger partial charge in [0.2, 0.25) is 0 Å². The highest BCUT2D eigenvalue weighted by atomic mass is 32.1. The van der Waals surface area contributed by atoms with Gasteiger partial charge in [-0.3, -0.25) is 15.8 Å². The molecule has 0 amide bonds. The number of piperidine rings is 1. The van der Waals surface area contributed by atoms with Crippen molar-refractivity contribution in [1.29, 1.82) is 0 Å². The lowest BCUT2D eigenvalue weighted by Gasteiger charge is -2.27. The second-order valence-electron chi connectivity index (χ2n) is 7.16. The summed E-state index contributed by atoms with van der Waals surface area (Å²) in [4.78, 5) is 2.45. The molecule has 2 rings (SSSR count). The van der Waals surface area contributed by atoms with Crippen molar-refractivity contribution in [1.82, 2.24) is 37.2 Å². The monoisotopic (exact) mass is 441 g/mol. The van der Waals surface area contributed by atoms with Gasteiger partial charge in [-0.05, 0) is 83.3 Å². The summed E-state index contributed by atoms with van der Waals surface area (Å²) in [5.74, 6) is 1.81. The fourth-order valence-corrected chi connectivity index (χ4v) is 3.65. The summed E-state index contributed by atoms with van der Waals surface area (Å²) in [5.41, 5.74) is 12.6. The largest absolute Gasteiger partial charge is 0.463 e. The molecular weight excluding hydrogens is 406 g/mol. The first kappa shape index (κ1) is 23.8. The van der Waals surface area contributed by atoms with Crippen LogP contribution >= 0.6 is 24.4 Å². The number of hydrogen-bond acceptors (Lipinski definition) is 6. The molecule has 1 aromatic rings. The van der Waals surface area contributed by atoms with Crippen LogP contribution in [0, 0.1) is 0 Å². The Kier molecular flexibility index (Phi) is 10.6. The Morgan fingerprint density at radius 2 is 1.62 bits per heavy atom. The zero-order valence-electron chi connectivity index (χ0n) is 17.6. The Morgan fingerprint density at radius 1 is 1.00 bits per heavy atom. The topological polar surface area (TPSA) is 88.6 Å². The molecule has 0 aromatic carbocycles. The standard InChI is InChI=1S/C19H35N7OS2/c1-4-20-18(28)24-22-14(3)17(23-25-19(29)21-5-2)16-10-9-15(27-16)13-26-11-7-6-8-12-26/h9-10,14,17,22-23H,4-8,11-13H2,1-3H3,(H2,20,24,28)(H2,21,25,29). The first-order valence-electron chi connectivity index (χ1n) is 10.4. The van der Waals surface area contributed by atoms with Crippen LogP contribution in [0.3, 0.4) is 0 Å². The van der Waals surface area contributed by atoms with E-state index in [4.69, 9.17) is 28.9 Å². The first-order valence-corrected chi connectivity index (χ1v) is 11.2. The average molecular weight is 442 g/mol. The maximum absolute atomic E-state index is 6.19. The Labute approximate surface area is 184 Å². The molecule has 164 valence electrons. The van der Waals surface area contributed by atoms with E-state index in [1.54, 1.807) is 0 Å². The lowest BCUT2D eigenvalue weighted by atomic mass is 10.1. The zero-order valence-corrected chi connectivity index (χ0v) is 19.3. The van der Waals surface area contributed by atoms with Gasteiger partial charge in [-0.2, -0.15) is 0 Å². The van der Waals surface area contributed by atoms with Gasteiger partial charge >= 0.3 is 0 Å². The van der Waals surface area contributed by atoms with Crippen molar-refractivity contribution < 1.29 is 4.42 Å². The maximum atomic E-state index is 6.19. The fraction of sp³-hybridized carbons (Fsp3) is 0.684. The molecule has 8 nitrogen and oxygen atoms in total. The van der Waals surface area contributed by atoms with Crippen molar-refractivity contribution in [3.63, 3.8) is 0 Å². The molecule has 0 saturated carbocycles. The quantitative estimate of drug-likeness (QED) is 0.238. The smallest absolute Gasteiger partial charge is 0.180 e. The molecule has 2 unspecified atom stereocenters. The molecule has 0 radical (unpaired) electrons. The molecule has 0 spiro atoms. The molecule has 1 fully saturated rings. The van der Waals surface area contributed by atoms with Gasteiger partial charge in [-0.1, -0.05) is 6.42 Å². The molecule has 6 N–H and O–H groups in total. The van der Waals surface area contributed by atoms with E-state index in [1.807, 2.05) is 26.8 Å². The van der Waals surface area contributed by atoms with Crippen LogP contribution < -0.4 is 32.3 Å². The Bertz CT molecular complexity index is 634. The van der Waals surface area contributed by atoms with Gasteiger partial charge in [0.25, 0.3) is 0 Å². The zero-order chi connectivity index (χ0) is 21.1. The van der Waals surface area contributed by atoms with E-state index in [0.717, 1.165) is 44.2 Å². The Hall–Kier alpha value is -1.46. The van der Waals surface area contributed by atoms with Crippen molar-refractivity contribution in [3.05, 3.63) is 23.7 Å². The number of nitrogens with one attached hydrogen (secondary N) is 6. The van der Waals surface area contributed by atoms with E-state index in [2.05, 4.69) is 43.3 Å². The summed E-state index contributed by atoms with van der Waals surface area (Å²) in [7, 11) is 0. The number of nitrogens with zero attached hydrogens (tertiary/aromatic N) is 1. The van der Waals surface area contributed by atoms with Crippen molar-refractivity contribution in [2.45, 2.75) is 58.7 Å². The minimum Gasteiger partial charge on any atom is -0.463 e. The van der Waals surface area contributed by atoms with Crippen molar-refractivity contribution in [2.75, 3.05) is 26.2 Å². The lowest BCUT2D eigenvalue weighted by Crippen LogP contribution is -2.54. The summed E-state index contributed by atoms with van der Waals surface area (Å²) < 4.78 is 6.19. The van der Waals surface area contributed by atoms with E-state index >= 15 is 0 Å². The third-order valence-corrected chi connectivity index (χ3v) is 5.24. The van der Waals surface area contributed by atoms with Crippen molar-refractivity contribution in [2.24, 2.45) is 0 Å². The first-order chi connectivity index (χ1) is 14.0. The predicted octanol–water partition coefficient (Wildman–Crippen LogP) is 1.67. The molecule has 1 saturated heterocycles. The SMILES string of the molecule is CCNC(=S)NNC(C)C(NNC(=S)NCC)c1ccc(CN2CCCCC2)o1. The molecule has 2 atom stereocenters. The van der Waals surface area contributed by atoms with Gasteiger partial charge in [-0.25, -0.2) is 10.9 Å². The molecule has 1 aliphatic heterocycles. The molecule has 29 heavy (non-hydrogen) atoms. The van der Waals surface area contributed by atoms with Gasteiger partial charge in [0.1, 0.15) is 17.6 Å². The van der Waals surface area contributed by atoms with E-state index in [9.17, 15) is 0 Å². The van der Waals surface area contributed by atoms with Gasteiger partial charge in [0, 0.05) is 19.1 Å². The Morgan fingerprint density at radius 3 is 2.24 bits per heavy atom. The summed E-state index contributed by atoms with van der Waals surface area (Å²) in [6, 6.07) is 3.87. The van der Waals surface area contributed by atoms with Crippen LogP contribution in [0.5, 0.6) is 0 Å². The van der Waals surface area contributed by atoms with Crippen molar-refractivity contribution >= 4 is 34.7 Å². The molecule has 2 heterocycles. The number of rotatable bonds is 10. The molecule has 1 aromatic heterocycles. The molecule has 0 aliphatic carbocycles. The van der Waals surface area contributed by atoms with E-state index in [-0.39, 0.29) is 12.1 Å². The van der Waals surface area contributed by atoms with Crippen LogP contribution in [0.4, 0.5) is 0 Å². The highest BCUT2D eigenvalue weighted by molar-refractivity contribution is 7.80. The van der Waals surface area contributed by atoms with Gasteiger partial charge in [0.15, 0.2) is 10.2 Å². The molecule has 1 aliphatic rings. The van der Waals surface area contributed by atoms with Crippen LogP contribution in [0.25, 0.3) is 0 Å². The number of hydrogen-bond donors (Lipinski definition) is 6. The molecule has 0 bridgehead atoms. The Balaban J connectivity index is 2.00. The second kappa shape index (κ2) is 13.0. The van der Waals surface area contributed by atoms with E-state index in [1.165, 1.54) is 19.3 Å². The minimum atomic E-state index is -0.168. The number of hydrazine groups is 2. The summed E-state index contributed by atoms with van der Waals surface area (Å²) in [6.45, 7) is 10.7. The second-order valence-corrected chi connectivity index (χ2v) is 7.98. The van der Waals surface area contributed by atoms with E-state index < -0.39 is 0 Å². The highest BCUT2D eigenvalue weighted by Crippen LogP contribution is 2.21. The van der Waals surface area contributed by atoms with Crippen LogP contribution in [0.1, 0.15) is 57.6 Å². The minimum absolute atomic E-state index is 0.0440. The summed E-state index contributed by atoms with van der Waals surface area (Å²) in [6.07, 6.45) is 3.86. The van der Waals surface area contributed by atoms with Crippen LogP contribution in [0.2, 0.25) is 0 Å². The number of thiocarbonyl (C=S) groups is 2. The molecule has 10 heteroatoms. The summed E-state index contributed by atoms with van der Waals surface area (Å²) >= 11 is 10.5. The van der Waals surface area contributed by atoms with Gasteiger partial charge in [0.05, 0.1) is 6.54 Å². The number of furan rings is 1. The van der Waals surface area contributed by atoms with Crippen LogP contribution in [0.15, 0.2) is 16.5 Å². The van der Waals surface area contributed by atoms with E-state index in [0.29, 0.717) is 10.2 Å². The fourth-order valence-electron chi connectivity index (χ4n) is 3.24. The normalized spacial score (nSPS) is 16.7. The van der Waals surface area contributed by atoms with Crippen LogP contribution in [-0.4, -0.2) is 47.3 Å². The third kappa shape index (κ3) is 8.43. The third-order valence-electron chi connectivity index (χ3n) is 4.75. The lowest BCUT2D eigenvalue weighted by molar-refractivity contribution is 0.200. The molecular formula is C19H35N7OS2. The average Bonchev–Trinajstić information content (AvgIpc) is 3.16. The van der Waals surface area contributed by atoms with Crippen molar-refractivity contribution in [3.8, 4) is 0 Å². The number of likely N-dealkylation sites (tertiary alicyclic amines) is 1.